The van der Waals surface area contributed by atoms with Crippen LogP contribution in [0.3, 0.4) is 0 Å². The number of carboxylic acid groups (broad SMARTS) is 1. The molecular formula is C14H16O3. The summed E-state index contributed by atoms with van der Waals surface area (Å²) in [6, 6.07) is 7.66. The fourth-order valence-electron chi connectivity index (χ4n) is 1.41. The van der Waals surface area contributed by atoms with Gasteiger partial charge in [0.1, 0.15) is 12.4 Å². The minimum absolute atomic E-state index is 0.278. The molecule has 0 aromatic heterocycles. The molecule has 1 N–H and O–H groups in total. The standard InChI is InChI=1S/C14H16O3/c1-3-6-12-7-4-5-8-13(12)17-10-11(2)9-14(15)16/h3-5,7-9H,1,6,10H2,2H3,(H,15,16). The van der Waals surface area contributed by atoms with E-state index in [-0.39, 0.29) is 6.61 Å². The van der Waals surface area contributed by atoms with Crippen LogP contribution in [0.5, 0.6) is 5.75 Å². The summed E-state index contributed by atoms with van der Waals surface area (Å²) in [5.41, 5.74) is 1.72. The van der Waals surface area contributed by atoms with E-state index in [1.165, 1.54) is 0 Å². The Balaban J connectivity index is 2.68. The van der Waals surface area contributed by atoms with Gasteiger partial charge in [0.15, 0.2) is 0 Å². The Morgan fingerprint density at radius 2 is 2.18 bits per heavy atom. The van der Waals surface area contributed by atoms with E-state index in [2.05, 4.69) is 6.58 Å². The monoisotopic (exact) mass is 232 g/mol. The fraction of sp³-hybridized carbons (Fsp3) is 0.214. The summed E-state index contributed by atoms with van der Waals surface area (Å²) in [7, 11) is 0. The highest BCUT2D eigenvalue weighted by molar-refractivity contribution is 5.80. The predicted molar refractivity (Wildman–Crippen MR) is 67.2 cm³/mol. The number of carbonyl (C=O) groups is 1. The summed E-state index contributed by atoms with van der Waals surface area (Å²) in [5, 5.41) is 8.57. The summed E-state index contributed by atoms with van der Waals surface area (Å²) in [4.78, 5) is 10.4. The van der Waals surface area contributed by atoms with Crippen molar-refractivity contribution >= 4 is 5.97 Å². The highest BCUT2D eigenvalue weighted by Gasteiger charge is 2.02. The van der Waals surface area contributed by atoms with Gasteiger partial charge in [0.05, 0.1) is 0 Å². The molecule has 1 aromatic rings. The van der Waals surface area contributed by atoms with Crippen LogP contribution in [0.1, 0.15) is 12.5 Å². The van der Waals surface area contributed by atoms with Crippen molar-refractivity contribution in [2.24, 2.45) is 0 Å². The average molecular weight is 232 g/mol. The second-order valence-electron chi connectivity index (χ2n) is 3.72. The van der Waals surface area contributed by atoms with Gasteiger partial charge in [0.25, 0.3) is 0 Å². The molecule has 0 heterocycles. The first-order chi connectivity index (χ1) is 8.13. The van der Waals surface area contributed by atoms with Crippen LogP contribution < -0.4 is 4.74 Å². The fourth-order valence-corrected chi connectivity index (χ4v) is 1.41. The summed E-state index contributed by atoms with van der Waals surface area (Å²) in [6.07, 6.45) is 3.69. The van der Waals surface area contributed by atoms with Crippen LogP contribution in [0, 0.1) is 0 Å². The van der Waals surface area contributed by atoms with Gasteiger partial charge in [0, 0.05) is 6.08 Å². The molecule has 0 bridgehead atoms. The van der Waals surface area contributed by atoms with Crippen molar-refractivity contribution in [3.05, 3.63) is 54.1 Å². The van der Waals surface area contributed by atoms with Crippen LogP contribution in [0.25, 0.3) is 0 Å². The van der Waals surface area contributed by atoms with Crippen molar-refractivity contribution in [3.8, 4) is 5.75 Å². The summed E-state index contributed by atoms with van der Waals surface area (Å²) < 4.78 is 5.57. The maximum absolute atomic E-state index is 10.4. The number of hydrogen-bond donors (Lipinski definition) is 1. The van der Waals surface area contributed by atoms with Gasteiger partial charge in [-0.2, -0.15) is 0 Å². The minimum Gasteiger partial charge on any atom is -0.489 e. The van der Waals surface area contributed by atoms with Crippen LogP contribution in [-0.2, 0) is 11.2 Å². The van der Waals surface area contributed by atoms with Crippen molar-refractivity contribution < 1.29 is 14.6 Å². The number of allylic oxidation sites excluding steroid dienone is 1. The van der Waals surface area contributed by atoms with Crippen molar-refractivity contribution in [2.75, 3.05) is 6.61 Å². The zero-order valence-electron chi connectivity index (χ0n) is 9.85. The van der Waals surface area contributed by atoms with Crippen molar-refractivity contribution in [3.63, 3.8) is 0 Å². The molecule has 3 heteroatoms. The molecule has 0 aliphatic rings. The Morgan fingerprint density at radius 1 is 1.47 bits per heavy atom. The molecule has 0 aliphatic heterocycles. The summed E-state index contributed by atoms with van der Waals surface area (Å²) >= 11 is 0. The van der Waals surface area contributed by atoms with Gasteiger partial charge in [0.2, 0.25) is 0 Å². The lowest BCUT2D eigenvalue weighted by atomic mass is 10.1. The predicted octanol–water partition coefficient (Wildman–Crippen LogP) is 2.82. The van der Waals surface area contributed by atoms with Gasteiger partial charge in [-0.1, -0.05) is 24.3 Å². The number of benzene rings is 1. The third kappa shape index (κ3) is 4.55. The molecule has 0 aliphatic carbocycles. The van der Waals surface area contributed by atoms with E-state index in [0.717, 1.165) is 23.8 Å². The molecule has 0 atom stereocenters. The Kier molecular flexibility index (Phi) is 5.01. The van der Waals surface area contributed by atoms with Gasteiger partial charge in [-0.05, 0) is 30.5 Å². The lowest BCUT2D eigenvalue weighted by Crippen LogP contribution is -2.03. The number of aliphatic carboxylic acids is 1. The maximum Gasteiger partial charge on any atom is 0.328 e. The first-order valence-corrected chi connectivity index (χ1v) is 5.35. The zero-order chi connectivity index (χ0) is 12.7. The number of rotatable bonds is 6. The third-order valence-corrected chi connectivity index (χ3v) is 2.16. The lowest BCUT2D eigenvalue weighted by Gasteiger charge is -2.10. The Morgan fingerprint density at radius 3 is 2.82 bits per heavy atom. The largest absolute Gasteiger partial charge is 0.489 e. The van der Waals surface area contributed by atoms with Gasteiger partial charge in [-0.3, -0.25) is 0 Å². The molecule has 0 spiro atoms. The van der Waals surface area contributed by atoms with E-state index in [0.29, 0.717) is 5.57 Å². The smallest absolute Gasteiger partial charge is 0.328 e. The highest BCUT2D eigenvalue weighted by Crippen LogP contribution is 2.19. The van der Waals surface area contributed by atoms with Crippen molar-refractivity contribution in [1.82, 2.24) is 0 Å². The highest BCUT2D eigenvalue weighted by atomic mass is 16.5. The molecule has 0 unspecified atom stereocenters. The first kappa shape index (κ1) is 13.0. The molecule has 0 fully saturated rings. The Hall–Kier alpha value is -2.03. The SMILES string of the molecule is C=CCc1ccccc1OCC(C)=CC(=O)O. The average Bonchev–Trinajstić information content (AvgIpc) is 2.27. The number of carboxylic acids is 1. The zero-order valence-corrected chi connectivity index (χ0v) is 9.85. The van der Waals surface area contributed by atoms with Gasteiger partial charge in [-0.25, -0.2) is 4.79 Å². The van der Waals surface area contributed by atoms with Crippen molar-refractivity contribution in [1.29, 1.82) is 0 Å². The van der Waals surface area contributed by atoms with Crippen LogP contribution in [0.4, 0.5) is 0 Å². The van der Waals surface area contributed by atoms with E-state index in [1.807, 2.05) is 30.3 Å². The topological polar surface area (TPSA) is 46.5 Å². The van der Waals surface area contributed by atoms with Gasteiger partial charge >= 0.3 is 5.97 Å². The van der Waals surface area contributed by atoms with Crippen molar-refractivity contribution in [2.45, 2.75) is 13.3 Å². The first-order valence-electron chi connectivity index (χ1n) is 5.35. The van der Waals surface area contributed by atoms with E-state index in [1.54, 1.807) is 6.92 Å². The number of ether oxygens (including phenoxy) is 1. The lowest BCUT2D eigenvalue weighted by molar-refractivity contribution is -0.131. The number of para-hydroxylation sites is 1. The van der Waals surface area contributed by atoms with Crippen LogP contribution in [-0.4, -0.2) is 17.7 Å². The van der Waals surface area contributed by atoms with Crippen LogP contribution in [0.15, 0.2) is 48.6 Å². The van der Waals surface area contributed by atoms with E-state index >= 15 is 0 Å². The van der Waals surface area contributed by atoms with Gasteiger partial charge < -0.3 is 9.84 Å². The van der Waals surface area contributed by atoms with E-state index in [9.17, 15) is 4.79 Å². The minimum atomic E-state index is -0.953. The maximum atomic E-state index is 10.4. The molecule has 0 radical (unpaired) electrons. The molecule has 90 valence electrons. The molecule has 1 rings (SSSR count). The molecule has 3 nitrogen and oxygen atoms in total. The molecular weight excluding hydrogens is 216 g/mol. The molecule has 1 aromatic carbocycles. The van der Waals surface area contributed by atoms with E-state index < -0.39 is 5.97 Å². The summed E-state index contributed by atoms with van der Waals surface area (Å²) in [6.45, 7) is 5.69. The normalized spacial score (nSPS) is 11.0. The van der Waals surface area contributed by atoms with Gasteiger partial charge in [-0.15, -0.1) is 6.58 Å². The summed E-state index contributed by atoms with van der Waals surface area (Å²) in [5.74, 6) is -0.184. The molecule has 0 amide bonds. The van der Waals surface area contributed by atoms with Crippen LogP contribution >= 0.6 is 0 Å². The molecule has 0 saturated heterocycles. The molecule has 17 heavy (non-hydrogen) atoms. The second-order valence-corrected chi connectivity index (χ2v) is 3.72. The number of hydrogen-bond acceptors (Lipinski definition) is 2. The Bertz CT molecular complexity index is 433. The van der Waals surface area contributed by atoms with Crippen LogP contribution in [0.2, 0.25) is 0 Å². The van der Waals surface area contributed by atoms with E-state index in [4.69, 9.17) is 9.84 Å². The quantitative estimate of drug-likeness (QED) is 0.606. The molecule has 0 saturated carbocycles. The third-order valence-electron chi connectivity index (χ3n) is 2.16. The second kappa shape index (κ2) is 6.53. The Labute approximate surface area is 101 Å².